The van der Waals surface area contributed by atoms with Crippen LogP contribution in [-0.4, -0.2) is 19.6 Å². The van der Waals surface area contributed by atoms with Gasteiger partial charge in [-0.05, 0) is 12.1 Å². The number of anilines is 1. The van der Waals surface area contributed by atoms with Crippen molar-refractivity contribution in [3.63, 3.8) is 0 Å². The van der Waals surface area contributed by atoms with Gasteiger partial charge in [0.2, 0.25) is 0 Å². The summed E-state index contributed by atoms with van der Waals surface area (Å²) in [6.07, 6.45) is 3.48. The Hall–Kier alpha value is -1.86. The third kappa shape index (κ3) is 2.52. The Morgan fingerprint density at radius 2 is 2.28 bits per heavy atom. The van der Waals surface area contributed by atoms with Crippen molar-refractivity contribution in [2.75, 3.05) is 5.32 Å². The molecular weight excluding hydrogens is 266 g/mol. The number of rotatable bonds is 4. The Kier molecular flexibility index (Phi) is 3.24. The first kappa shape index (κ1) is 11.2. The van der Waals surface area contributed by atoms with E-state index in [0.717, 1.165) is 21.4 Å². The summed E-state index contributed by atoms with van der Waals surface area (Å²) in [5, 5.41) is 10.9. The molecular formula is C11H9N5S2. The lowest BCUT2D eigenvalue weighted by molar-refractivity contribution is 1.07. The van der Waals surface area contributed by atoms with Gasteiger partial charge >= 0.3 is 0 Å². The second-order valence-electron chi connectivity index (χ2n) is 3.49. The quantitative estimate of drug-likeness (QED) is 0.793. The van der Waals surface area contributed by atoms with Crippen LogP contribution in [0.5, 0.6) is 0 Å². The van der Waals surface area contributed by atoms with E-state index in [2.05, 4.69) is 24.9 Å². The van der Waals surface area contributed by atoms with Crippen molar-refractivity contribution in [3.05, 3.63) is 41.7 Å². The summed E-state index contributed by atoms with van der Waals surface area (Å²) < 4.78 is 3.79. The van der Waals surface area contributed by atoms with Crippen molar-refractivity contribution >= 4 is 27.9 Å². The predicted molar refractivity (Wildman–Crippen MR) is 72.6 cm³/mol. The molecule has 0 bridgehead atoms. The van der Waals surface area contributed by atoms with Crippen LogP contribution in [0.2, 0.25) is 0 Å². The van der Waals surface area contributed by atoms with E-state index >= 15 is 0 Å². The summed E-state index contributed by atoms with van der Waals surface area (Å²) in [7, 11) is 0. The third-order valence-corrected chi connectivity index (χ3v) is 3.78. The van der Waals surface area contributed by atoms with E-state index < -0.39 is 0 Å². The molecule has 3 heterocycles. The monoisotopic (exact) mass is 275 g/mol. The van der Waals surface area contributed by atoms with Crippen LogP contribution in [0.1, 0.15) is 5.69 Å². The van der Waals surface area contributed by atoms with Gasteiger partial charge in [0.25, 0.3) is 0 Å². The highest BCUT2D eigenvalue weighted by Crippen LogP contribution is 2.22. The van der Waals surface area contributed by atoms with Crippen LogP contribution in [0, 0.1) is 0 Å². The molecule has 7 heteroatoms. The minimum Gasteiger partial charge on any atom is -0.369 e. The van der Waals surface area contributed by atoms with Crippen molar-refractivity contribution in [2.24, 2.45) is 0 Å². The summed E-state index contributed by atoms with van der Waals surface area (Å²) in [5.41, 5.74) is 1.90. The van der Waals surface area contributed by atoms with Crippen molar-refractivity contribution in [1.29, 1.82) is 0 Å². The van der Waals surface area contributed by atoms with E-state index in [1.807, 2.05) is 23.6 Å². The Morgan fingerprint density at radius 1 is 1.28 bits per heavy atom. The molecule has 0 aliphatic heterocycles. The van der Waals surface area contributed by atoms with Gasteiger partial charge < -0.3 is 5.32 Å². The zero-order valence-corrected chi connectivity index (χ0v) is 10.9. The van der Waals surface area contributed by atoms with Crippen molar-refractivity contribution in [2.45, 2.75) is 6.54 Å². The number of hydrogen-bond acceptors (Lipinski definition) is 7. The highest BCUT2D eigenvalue weighted by atomic mass is 32.1. The molecule has 0 atom stereocenters. The predicted octanol–water partition coefficient (Wildman–Crippen LogP) is 2.67. The van der Waals surface area contributed by atoms with Crippen LogP contribution >= 0.6 is 22.9 Å². The molecule has 0 spiro atoms. The normalized spacial score (nSPS) is 10.4. The maximum absolute atomic E-state index is 4.54. The summed E-state index contributed by atoms with van der Waals surface area (Å²) in [6, 6.07) is 5.82. The zero-order valence-electron chi connectivity index (χ0n) is 9.28. The van der Waals surface area contributed by atoms with Crippen LogP contribution in [0.3, 0.4) is 0 Å². The molecule has 90 valence electrons. The average Bonchev–Trinajstić information content (AvgIpc) is 3.09. The first-order valence-electron chi connectivity index (χ1n) is 5.29. The highest BCUT2D eigenvalue weighted by molar-refractivity contribution is 7.13. The molecule has 0 radical (unpaired) electrons. The van der Waals surface area contributed by atoms with E-state index in [9.17, 15) is 0 Å². The standard InChI is InChI=1S/C11H9N5S2/c1-2-4-12-9(3-1)11-15-8(7-17-11)5-13-10-6-14-16-18-10/h1-4,6-7,13H,5H2. The van der Waals surface area contributed by atoms with E-state index in [-0.39, 0.29) is 0 Å². The molecule has 0 aliphatic carbocycles. The largest absolute Gasteiger partial charge is 0.369 e. The number of thiazole rings is 1. The van der Waals surface area contributed by atoms with E-state index in [0.29, 0.717) is 6.54 Å². The van der Waals surface area contributed by atoms with Gasteiger partial charge in [0.05, 0.1) is 24.1 Å². The third-order valence-electron chi connectivity index (χ3n) is 2.24. The number of hydrogen-bond donors (Lipinski definition) is 1. The van der Waals surface area contributed by atoms with Gasteiger partial charge in [0.15, 0.2) is 0 Å². The maximum atomic E-state index is 4.54. The molecule has 0 saturated carbocycles. The molecule has 3 aromatic rings. The molecule has 3 aromatic heterocycles. The minimum absolute atomic E-state index is 0.674. The molecule has 0 aliphatic rings. The minimum atomic E-state index is 0.674. The first-order chi connectivity index (χ1) is 8.92. The molecule has 3 rings (SSSR count). The first-order valence-corrected chi connectivity index (χ1v) is 6.94. The lowest BCUT2D eigenvalue weighted by Gasteiger charge is -1.97. The van der Waals surface area contributed by atoms with Gasteiger partial charge in [-0.15, -0.1) is 16.4 Å². The molecule has 0 aromatic carbocycles. The Balaban J connectivity index is 1.70. The second kappa shape index (κ2) is 5.19. The lowest BCUT2D eigenvalue weighted by Crippen LogP contribution is -1.97. The van der Waals surface area contributed by atoms with Crippen LogP contribution in [-0.2, 0) is 6.54 Å². The number of aromatic nitrogens is 4. The number of pyridine rings is 1. The van der Waals surface area contributed by atoms with Crippen molar-refractivity contribution < 1.29 is 0 Å². The van der Waals surface area contributed by atoms with Gasteiger partial charge in [-0.3, -0.25) is 4.98 Å². The SMILES string of the molecule is c1ccc(-c2nc(CNc3cnns3)cs2)nc1. The van der Waals surface area contributed by atoms with Crippen LogP contribution in [0.25, 0.3) is 10.7 Å². The Morgan fingerprint density at radius 3 is 3.06 bits per heavy atom. The zero-order chi connectivity index (χ0) is 12.2. The average molecular weight is 275 g/mol. The topological polar surface area (TPSA) is 63.6 Å². The summed E-state index contributed by atoms with van der Waals surface area (Å²) in [4.78, 5) is 8.82. The fraction of sp³-hybridized carbons (Fsp3) is 0.0909. The second-order valence-corrected chi connectivity index (χ2v) is 5.14. The number of nitrogens with one attached hydrogen (secondary N) is 1. The summed E-state index contributed by atoms with van der Waals surface area (Å²) >= 11 is 2.93. The van der Waals surface area contributed by atoms with Crippen LogP contribution < -0.4 is 5.32 Å². The van der Waals surface area contributed by atoms with Gasteiger partial charge in [-0.1, -0.05) is 10.6 Å². The van der Waals surface area contributed by atoms with Crippen molar-refractivity contribution in [1.82, 2.24) is 19.6 Å². The fourth-order valence-electron chi connectivity index (χ4n) is 1.42. The van der Waals surface area contributed by atoms with Crippen molar-refractivity contribution in [3.8, 4) is 10.7 Å². The highest BCUT2D eigenvalue weighted by Gasteiger charge is 2.05. The molecule has 1 N–H and O–H groups in total. The van der Waals surface area contributed by atoms with Crippen LogP contribution in [0.4, 0.5) is 5.00 Å². The van der Waals surface area contributed by atoms with E-state index in [4.69, 9.17) is 0 Å². The van der Waals surface area contributed by atoms with E-state index in [1.165, 1.54) is 11.5 Å². The van der Waals surface area contributed by atoms with Gasteiger partial charge in [-0.25, -0.2) is 4.98 Å². The molecule has 5 nitrogen and oxygen atoms in total. The maximum Gasteiger partial charge on any atom is 0.142 e. The van der Waals surface area contributed by atoms with Gasteiger partial charge in [-0.2, -0.15) is 0 Å². The lowest BCUT2D eigenvalue weighted by atomic mass is 10.4. The van der Waals surface area contributed by atoms with Crippen LogP contribution in [0.15, 0.2) is 36.0 Å². The van der Waals surface area contributed by atoms with Gasteiger partial charge in [0.1, 0.15) is 10.0 Å². The summed E-state index contributed by atoms with van der Waals surface area (Å²) in [6.45, 7) is 0.674. The van der Waals surface area contributed by atoms with E-state index in [1.54, 1.807) is 23.7 Å². The Labute approximate surface area is 112 Å². The fourth-order valence-corrected chi connectivity index (χ4v) is 2.63. The molecule has 0 fully saturated rings. The number of nitrogens with zero attached hydrogens (tertiary/aromatic N) is 4. The smallest absolute Gasteiger partial charge is 0.142 e. The molecule has 0 saturated heterocycles. The summed E-state index contributed by atoms with van der Waals surface area (Å²) in [5.74, 6) is 0. The molecule has 0 unspecified atom stereocenters. The molecule has 18 heavy (non-hydrogen) atoms. The molecule has 0 amide bonds. The Bertz CT molecular complexity index is 605. The van der Waals surface area contributed by atoms with Gasteiger partial charge in [0, 0.05) is 23.1 Å².